The maximum absolute atomic E-state index is 4.56. The summed E-state index contributed by atoms with van der Waals surface area (Å²) in [6.45, 7) is 4.52. The van der Waals surface area contributed by atoms with Gasteiger partial charge in [0.1, 0.15) is 0 Å². The van der Waals surface area contributed by atoms with Crippen LogP contribution in [0.15, 0.2) is 42.6 Å². The summed E-state index contributed by atoms with van der Waals surface area (Å²) in [6, 6.07) is 15.9. The van der Waals surface area contributed by atoms with Crippen LogP contribution in [0.4, 0.5) is 0 Å². The number of aromatic nitrogens is 2. The van der Waals surface area contributed by atoms with Crippen molar-refractivity contribution in [3.63, 3.8) is 0 Å². The van der Waals surface area contributed by atoms with Crippen molar-refractivity contribution < 1.29 is 20.1 Å². The molecule has 0 saturated heterocycles. The monoisotopic (exact) mass is 426 g/mol. The van der Waals surface area contributed by atoms with Gasteiger partial charge in [-0.2, -0.15) is 0 Å². The molecule has 1 aliphatic heterocycles. The van der Waals surface area contributed by atoms with Crippen LogP contribution < -0.4 is 0 Å². The molecule has 0 atom stereocenters. The van der Waals surface area contributed by atoms with Crippen LogP contribution in [0.1, 0.15) is 25.1 Å². The Balaban J connectivity index is 0.00000110. The third-order valence-electron chi connectivity index (χ3n) is 3.94. The van der Waals surface area contributed by atoms with Gasteiger partial charge in [-0.3, -0.25) is 4.98 Å². The molecule has 1 aromatic carbocycles. The summed E-state index contributed by atoms with van der Waals surface area (Å²) in [5, 5.41) is 0. The topological polar surface area (TPSA) is 17.3 Å². The minimum Gasteiger partial charge on any atom is -0.337 e. The van der Waals surface area contributed by atoms with Gasteiger partial charge in [0, 0.05) is 32.0 Å². The largest absolute Gasteiger partial charge is 0.337 e. The summed E-state index contributed by atoms with van der Waals surface area (Å²) in [6.07, 6.45) is 1.94. The van der Waals surface area contributed by atoms with E-state index >= 15 is 0 Å². The van der Waals surface area contributed by atoms with Crippen LogP contribution in [0.25, 0.3) is 16.9 Å². The Labute approximate surface area is 125 Å². The Morgan fingerprint density at radius 2 is 2.00 bits per heavy atom. The van der Waals surface area contributed by atoms with Gasteiger partial charge in [0.15, 0.2) is 0 Å². The predicted molar refractivity (Wildman–Crippen MR) is 71.6 cm³/mol. The van der Waals surface area contributed by atoms with Crippen molar-refractivity contribution in [2.45, 2.75) is 19.3 Å². The van der Waals surface area contributed by atoms with Crippen molar-refractivity contribution in [1.29, 1.82) is 0 Å². The fourth-order valence-corrected chi connectivity index (χ4v) is 2.99. The maximum Gasteiger partial charge on any atom is 0.0608 e. The fourth-order valence-electron chi connectivity index (χ4n) is 2.99. The predicted octanol–water partition coefficient (Wildman–Crippen LogP) is 3.44. The standard InChI is InChI=1S/C16H13N2.Ir/c1-16(2)13-8-4-3-7-12(13)15-17-10-11-6-5-9-14(16)18(11)15;/h3-6,8-10H,1-2H3;/q-1;. The van der Waals surface area contributed by atoms with Crippen LogP contribution in [0.2, 0.25) is 0 Å². The summed E-state index contributed by atoms with van der Waals surface area (Å²) < 4.78 is 2.25. The molecule has 3 aromatic rings. The molecule has 0 amide bonds. The minimum atomic E-state index is -0.0136. The SMILES string of the molecule is CC1(C)c2ccc[c-]c2-c2ncc3cccc1n23.[Ir]. The van der Waals surface area contributed by atoms with Gasteiger partial charge in [-0.05, 0) is 17.5 Å². The van der Waals surface area contributed by atoms with Gasteiger partial charge >= 0.3 is 0 Å². The first-order valence-corrected chi connectivity index (χ1v) is 6.18. The first kappa shape index (κ1) is 12.6. The molecule has 4 rings (SSSR count). The number of imidazole rings is 1. The van der Waals surface area contributed by atoms with Crippen LogP contribution >= 0.6 is 0 Å². The normalized spacial score (nSPS) is 14.8. The van der Waals surface area contributed by atoms with Crippen LogP contribution in [-0.4, -0.2) is 9.38 Å². The minimum absolute atomic E-state index is 0. The van der Waals surface area contributed by atoms with E-state index in [-0.39, 0.29) is 25.5 Å². The molecule has 97 valence electrons. The molecule has 3 heterocycles. The molecule has 0 aliphatic carbocycles. The number of fused-ring (bicyclic) bond motifs is 2. The van der Waals surface area contributed by atoms with Gasteiger partial charge < -0.3 is 4.40 Å². The first-order valence-electron chi connectivity index (χ1n) is 6.18. The van der Waals surface area contributed by atoms with Crippen LogP contribution in [0.5, 0.6) is 0 Å². The number of hydrogen-bond donors (Lipinski definition) is 0. The van der Waals surface area contributed by atoms with Gasteiger partial charge in [0.2, 0.25) is 0 Å². The van der Waals surface area contributed by atoms with E-state index in [0.717, 1.165) is 16.9 Å². The molecule has 0 N–H and O–H groups in total. The molecule has 0 saturated carbocycles. The molecular formula is C16H13IrN2-. The second-order valence-corrected chi connectivity index (χ2v) is 5.34. The fraction of sp³-hybridized carbons (Fsp3) is 0.188. The van der Waals surface area contributed by atoms with Gasteiger partial charge in [0.05, 0.1) is 11.3 Å². The molecule has 0 bridgehead atoms. The van der Waals surface area contributed by atoms with Gasteiger partial charge in [0.25, 0.3) is 0 Å². The zero-order valence-electron chi connectivity index (χ0n) is 10.8. The third-order valence-corrected chi connectivity index (χ3v) is 3.94. The van der Waals surface area contributed by atoms with Gasteiger partial charge in [-0.1, -0.05) is 19.9 Å². The van der Waals surface area contributed by atoms with Crippen molar-refractivity contribution in [2.24, 2.45) is 0 Å². The maximum atomic E-state index is 4.56. The zero-order valence-corrected chi connectivity index (χ0v) is 13.2. The summed E-state index contributed by atoms with van der Waals surface area (Å²) in [7, 11) is 0. The van der Waals surface area contributed by atoms with Gasteiger partial charge in [-0.25, -0.2) is 0 Å². The van der Waals surface area contributed by atoms with Crippen LogP contribution in [0.3, 0.4) is 0 Å². The number of nitrogens with zero attached hydrogens (tertiary/aromatic N) is 2. The summed E-state index contributed by atoms with van der Waals surface area (Å²) in [5.74, 6) is 1.01. The number of rotatable bonds is 0. The van der Waals surface area contributed by atoms with E-state index in [1.54, 1.807) is 0 Å². The van der Waals surface area contributed by atoms with E-state index in [9.17, 15) is 0 Å². The molecule has 0 unspecified atom stereocenters. The molecule has 1 radical (unpaired) electrons. The smallest absolute Gasteiger partial charge is 0.0608 e. The molecule has 2 nitrogen and oxygen atoms in total. The summed E-state index contributed by atoms with van der Waals surface area (Å²) in [4.78, 5) is 4.56. The first-order chi connectivity index (χ1) is 8.69. The number of hydrogen-bond acceptors (Lipinski definition) is 1. The average Bonchev–Trinajstić information content (AvgIpc) is 2.81. The zero-order chi connectivity index (χ0) is 12.3. The second-order valence-electron chi connectivity index (χ2n) is 5.34. The number of pyridine rings is 1. The quantitative estimate of drug-likeness (QED) is 0.505. The van der Waals surface area contributed by atoms with E-state index in [4.69, 9.17) is 0 Å². The van der Waals surface area contributed by atoms with Crippen molar-refractivity contribution >= 4 is 5.52 Å². The Bertz CT molecular complexity index is 771. The van der Waals surface area contributed by atoms with Crippen LogP contribution in [-0.2, 0) is 25.5 Å². The van der Waals surface area contributed by atoms with E-state index < -0.39 is 0 Å². The van der Waals surface area contributed by atoms with Crippen molar-refractivity contribution in [2.75, 3.05) is 0 Å². The van der Waals surface area contributed by atoms with Gasteiger partial charge in [-0.15, -0.1) is 35.4 Å². The summed E-state index contributed by atoms with van der Waals surface area (Å²) in [5.41, 5.74) is 4.86. The molecule has 19 heavy (non-hydrogen) atoms. The molecule has 0 spiro atoms. The molecule has 2 aromatic heterocycles. The van der Waals surface area contributed by atoms with E-state index in [1.165, 1.54) is 11.3 Å². The molecule has 3 heteroatoms. The molecule has 1 aliphatic rings. The molecule has 0 fully saturated rings. The Morgan fingerprint density at radius 3 is 2.84 bits per heavy atom. The van der Waals surface area contributed by atoms with E-state index in [0.29, 0.717) is 0 Å². The average molecular weight is 426 g/mol. The van der Waals surface area contributed by atoms with Crippen molar-refractivity contribution in [3.05, 3.63) is 59.9 Å². The van der Waals surface area contributed by atoms with Crippen molar-refractivity contribution in [3.8, 4) is 11.4 Å². The van der Waals surface area contributed by atoms with E-state index in [1.807, 2.05) is 12.3 Å². The molecular weight excluding hydrogens is 412 g/mol. The third kappa shape index (κ3) is 1.49. The Hall–Kier alpha value is -1.44. The number of benzene rings is 1. The summed E-state index contributed by atoms with van der Waals surface area (Å²) >= 11 is 0. The Kier molecular flexibility index (Phi) is 2.67. The van der Waals surface area contributed by atoms with Crippen LogP contribution in [0, 0.1) is 6.07 Å². The Morgan fingerprint density at radius 1 is 1.16 bits per heavy atom. The van der Waals surface area contributed by atoms with E-state index in [2.05, 4.69) is 59.6 Å². The van der Waals surface area contributed by atoms with Crippen molar-refractivity contribution in [1.82, 2.24) is 9.38 Å². The second kappa shape index (κ2) is 4.03.